The van der Waals surface area contributed by atoms with Gasteiger partial charge in [0.05, 0.1) is 0 Å². The number of carbonyl (C=O) groups is 1. The number of allylic oxidation sites excluding steroid dienone is 6. The largest absolute Gasteiger partial charge is 0.299 e. The van der Waals surface area contributed by atoms with Crippen LogP contribution in [0.4, 0.5) is 0 Å². The third kappa shape index (κ3) is 30.9. The molecule has 0 radical (unpaired) electrons. The van der Waals surface area contributed by atoms with Gasteiger partial charge in [0, 0.05) is 11.8 Å². The van der Waals surface area contributed by atoms with Crippen LogP contribution in [0.25, 0.3) is 0 Å². The molecule has 0 spiro atoms. The lowest BCUT2D eigenvalue weighted by molar-refractivity contribution is -0.127. The minimum absolute atomic E-state index is 0.232. The topological polar surface area (TPSA) is 17.1 Å². The summed E-state index contributed by atoms with van der Waals surface area (Å²) in [6, 6.07) is 0. The maximum Gasteiger partial charge on any atom is 0.138 e. The molecule has 0 heterocycles. The first-order chi connectivity index (χ1) is 17.2. The van der Waals surface area contributed by atoms with Crippen molar-refractivity contribution in [2.45, 2.75) is 161 Å². The van der Waals surface area contributed by atoms with Crippen LogP contribution < -0.4 is 0 Å². The first kappa shape index (κ1) is 42.0. The Morgan fingerprint density at radius 2 is 1.25 bits per heavy atom. The van der Waals surface area contributed by atoms with Gasteiger partial charge in [-0.05, 0) is 57.8 Å². The molecule has 1 rings (SSSR count). The van der Waals surface area contributed by atoms with Crippen molar-refractivity contribution < 1.29 is 4.79 Å². The van der Waals surface area contributed by atoms with Crippen molar-refractivity contribution in [1.29, 1.82) is 0 Å². The fourth-order valence-electron chi connectivity index (χ4n) is 3.75. The van der Waals surface area contributed by atoms with Crippen LogP contribution >= 0.6 is 0 Å². The van der Waals surface area contributed by atoms with Crippen molar-refractivity contribution in [2.24, 2.45) is 23.7 Å². The van der Waals surface area contributed by atoms with E-state index in [9.17, 15) is 4.79 Å². The number of hydrogen-bond acceptors (Lipinski definition) is 1. The predicted octanol–water partition coefficient (Wildman–Crippen LogP) is 12.6. The molecule has 1 nitrogen and oxygen atoms in total. The first-order valence-electron chi connectivity index (χ1n) is 15.7. The molecule has 0 aromatic heterocycles. The predicted molar refractivity (Wildman–Crippen MR) is 170 cm³/mol. The lowest BCUT2D eigenvalue weighted by Gasteiger charge is -2.30. The summed E-state index contributed by atoms with van der Waals surface area (Å²) >= 11 is 0. The van der Waals surface area contributed by atoms with Gasteiger partial charge < -0.3 is 0 Å². The number of Topliss-reactive ketones (excluding diaryl/α,β-unsaturated/α-hetero) is 1. The molecular formula is C35H70O. The molecule has 0 atom stereocenters. The highest BCUT2D eigenvalue weighted by molar-refractivity contribution is 5.82. The van der Waals surface area contributed by atoms with E-state index in [1.807, 2.05) is 46.8 Å². The average molecular weight is 507 g/mol. The lowest BCUT2D eigenvalue weighted by atomic mass is 9.74. The Morgan fingerprint density at radius 1 is 0.778 bits per heavy atom. The zero-order valence-electron chi connectivity index (χ0n) is 27.4. The second kappa shape index (κ2) is 33.9. The normalized spacial score (nSPS) is 17.4. The van der Waals surface area contributed by atoms with Gasteiger partial charge in [0.1, 0.15) is 5.78 Å². The molecular weight excluding hydrogens is 436 g/mol. The van der Waals surface area contributed by atoms with Gasteiger partial charge in [-0.2, -0.15) is 0 Å². The number of unbranched alkanes of at least 4 members (excludes halogenated alkanes) is 4. The summed E-state index contributed by atoms with van der Waals surface area (Å²) in [6.45, 7) is 27.8. The summed E-state index contributed by atoms with van der Waals surface area (Å²) in [5.41, 5.74) is 1.33. The summed E-state index contributed by atoms with van der Waals surface area (Å²) in [7, 11) is 0. The van der Waals surface area contributed by atoms with Gasteiger partial charge in [-0.25, -0.2) is 0 Å². The highest BCUT2D eigenvalue weighted by Gasteiger charge is 2.28. The van der Waals surface area contributed by atoms with Crippen LogP contribution in [0.15, 0.2) is 36.0 Å². The van der Waals surface area contributed by atoms with Gasteiger partial charge in [0.2, 0.25) is 0 Å². The molecule has 1 aliphatic rings. The summed E-state index contributed by atoms with van der Waals surface area (Å²) in [6.07, 6.45) is 24.5. The molecule has 1 aliphatic carbocycles. The molecule has 1 saturated carbocycles. The molecule has 0 aromatic rings. The van der Waals surface area contributed by atoms with E-state index in [-0.39, 0.29) is 5.92 Å². The smallest absolute Gasteiger partial charge is 0.138 e. The Hall–Kier alpha value is -1.11. The molecule has 0 amide bonds. The molecule has 0 N–H and O–H groups in total. The first-order valence-corrected chi connectivity index (χ1v) is 15.7. The van der Waals surface area contributed by atoms with Gasteiger partial charge in [-0.1, -0.05) is 151 Å². The van der Waals surface area contributed by atoms with Gasteiger partial charge >= 0.3 is 0 Å². The maximum absolute atomic E-state index is 11.8. The Kier molecular flexibility index (Phi) is 39.5. The summed E-state index contributed by atoms with van der Waals surface area (Å²) in [5, 5.41) is 0. The van der Waals surface area contributed by atoms with E-state index in [2.05, 4.69) is 73.6 Å². The van der Waals surface area contributed by atoms with Gasteiger partial charge in [-0.15, -0.1) is 0 Å². The van der Waals surface area contributed by atoms with Crippen molar-refractivity contribution in [1.82, 2.24) is 0 Å². The van der Waals surface area contributed by atoms with Crippen LogP contribution in [0.2, 0.25) is 0 Å². The van der Waals surface area contributed by atoms with E-state index in [4.69, 9.17) is 0 Å². The quantitative estimate of drug-likeness (QED) is 0.213. The average Bonchev–Trinajstić information content (AvgIpc) is 2.89. The standard InChI is InChI=1S/C13H24O.C10H16.C6H14.C4H10.C2H6/c1-9(2)11-5-7-12(8-6-11)13(14)10(3)4;1-4-6-7-9-10(3)8-5-2;1-3-5-6-4-2;1-3-4-2;1-2/h9-12H,5-8H2,1-4H3;4,6-9H,5H2,1-3H3;3-6H2,1-2H3;3-4H2,1-2H3;1-2H3/b;6-4-,9-7-,10-8+;;;. The van der Waals surface area contributed by atoms with Gasteiger partial charge in [-0.3, -0.25) is 4.79 Å². The van der Waals surface area contributed by atoms with Crippen LogP contribution in [0.5, 0.6) is 0 Å². The van der Waals surface area contributed by atoms with Crippen LogP contribution in [-0.4, -0.2) is 5.78 Å². The summed E-state index contributed by atoms with van der Waals surface area (Å²) < 4.78 is 0. The molecule has 1 fully saturated rings. The molecule has 0 unspecified atom stereocenters. The fraction of sp³-hybridized carbons (Fsp3) is 0.800. The lowest BCUT2D eigenvalue weighted by Crippen LogP contribution is -2.26. The van der Waals surface area contributed by atoms with Crippen molar-refractivity contribution in [3.05, 3.63) is 36.0 Å². The monoisotopic (exact) mass is 507 g/mol. The Balaban J connectivity index is -0.000000204. The molecule has 0 aliphatic heterocycles. The zero-order chi connectivity index (χ0) is 28.8. The van der Waals surface area contributed by atoms with Crippen LogP contribution in [0.1, 0.15) is 161 Å². The molecule has 0 bridgehead atoms. The molecule has 1 heteroatoms. The Labute approximate surface area is 230 Å². The second-order valence-corrected chi connectivity index (χ2v) is 10.4. The molecule has 36 heavy (non-hydrogen) atoms. The van der Waals surface area contributed by atoms with E-state index in [1.54, 1.807) is 0 Å². The van der Waals surface area contributed by atoms with Gasteiger partial charge in [0.15, 0.2) is 0 Å². The van der Waals surface area contributed by atoms with Gasteiger partial charge in [0.25, 0.3) is 0 Å². The number of ketones is 1. The van der Waals surface area contributed by atoms with Crippen LogP contribution in [-0.2, 0) is 4.79 Å². The van der Waals surface area contributed by atoms with E-state index in [1.165, 1.54) is 56.9 Å². The second-order valence-electron chi connectivity index (χ2n) is 10.4. The third-order valence-electron chi connectivity index (χ3n) is 6.33. The van der Waals surface area contributed by atoms with Crippen molar-refractivity contribution >= 4 is 5.78 Å². The van der Waals surface area contributed by atoms with E-state index in [0.29, 0.717) is 11.7 Å². The molecule has 216 valence electrons. The summed E-state index contributed by atoms with van der Waals surface area (Å²) in [5.74, 6) is 2.77. The van der Waals surface area contributed by atoms with Crippen LogP contribution in [0.3, 0.4) is 0 Å². The van der Waals surface area contributed by atoms with Crippen molar-refractivity contribution in [3.8, 4) is 0 Å². The Morgan fingerprint density at radius 3 is 1.56 bits per heavy atom. The zero-order valence-corrected chi connectivity index (χ0v) is 27.4. The van der Waals surface area contributed by atoms with E-state index < -0.39 is 0 Å². The summed E-state index contributed by atoms with van der Waals surface area (Å²) in [4.78, 5) is 11.8. The third-order valence-corrected chi connectivity index (χ3v) is 6.33. The van der Waals surface area contributed by atoms with Crippen molar-refractivity contribution in [3.63, 3.8) is 0 Å². The fourth-order valence-corrected chi connectivity index (χ4v) is 3.75. The van der Waals surface area contributed by atoms with Crippen molar-refractivity contribution in [2.75, 3.05) is 0 Å². The SMILES string of the molecule is CC.CC(C)C(=O)C1CCC(C(C)C)CC1.CCCC.CCCCCC.C\C=C/C=C\C(C)=C\CC. The number of rotatable bonds is 10. The molecule has 0 saturated heterocycles. The minimum Gasteiger partial charge on any atom is -0.299 e. The van der Waals surface area contributed by atoms with E-state index >= 15 is 0 Å². The highest BCUT2D eigenvalue weighted by atomic mass is 16.1. The number of hydrogen-bond donors (Lipinski definition) is 0. The molecule has 0 aromatic carbocycles. The van der Waals surface area contributed by atoms with Crippen LogP contribution in [0, 0.1) is 23.7 Å². The number of carbonyl (C=O) groups excluding carboxylic acids is 1. The maximum atomic E-state index is 11.8. The Bertz CT molecular complexity index is 493. The minimum atomic E-state index is 0.232. The highest BCUT2D eigenvalue weighted by Crippen LogP contribution is 2.34. The van der Waals surface area contributed by atoms with E-state index in [0.717, 1.165) is 31.1 Å².